The second-order valence-electron chi connectivity index (χ2n) is 4.70. The summed E-state index contributed by atoms with van der Waals surface area (Å²) in [7, 11) is 0. The topological polar surface area (TPSA) is 79.2 Å². The molecule has 0 aliphatic heterocycles. The van der Waals surface area contributed by atoms with E-state index < -0.39 is 28.2 Å². The lowest BCUT2D eigenvalue weighted by Gasteiger charge is -2.14. The van der Waals surface area contributed by atoms with Crippen molar-refractivity contribution in [1.82, 2.24) is 5.43 Å². The average Bonchev–Trinajstić information content (AvgIpc) is 2.54. The number of halogens is 4. The van der Waals surface area contributed by atoms with Crippen LogP contribution in [0.4, 0.5) is 34.6 Å². The quantitative estimate of drug-likeness (QED) is 0.324. The van der Waals surface area contributed by atoms with Gasteiger partial charge in [-0.2, -0.15) is 13.2 Å². The van der Waals surface area contributed by atoms with Crippen LogP contribution in [0.5, 0.6) is 0 Å². The van der Waals surface area contributed by atoms with E-state index >= 15 is 0 Å². The molecule has 0 spiro atoms. The number of hydrogen-bond acceptors (Lipinski definition) is 4. The van der Waals surface area contributed by atoms with Crippen LogP contribution in [-0.4, -0.2) is 10.0 Å². The highest BCUT2D eigenvalue weighted by Gasteiger charge is 2.33. The Balaban J connectivity index is 2.07. The van der Waals surface area contributed by atoms with E-state index in [1.54, 1.807) is 0 Å². The van der Waals surface area contributed by atoms with Crippen molar-refractivity contribution >= 4 is 34.4 Å². The summed E-state index contributed by atoms with van der Waals surface area (Å²) in [4.78, 5) is 10.0. The number of nitrogens with one attached hydrogen (secondary N) is 3. The van der Waals surface area contributed by atoms with Crippen molar-refractivity contribution in [1.29, 1.82) is 0 Å². The zero-order valence-corrected chi connectivity index (χ0v) is 13.0. The lowest BCUT2D eigenvalue weighted by molar-refractivity contribution is -0.384. The van der Waals surface area contributed by atoms with Crippen molar-refractivity contribution in [2.24, 2.45) is 0 Å². The zero-order valence-electron chi connectivity index (χ0n) is 12.2. The number of nitro groups is 1. The molecule has 0 bridgehead atoms. The van der Waals surface area contributed by atoms with E-state index in [1.165, 1.54) is 24.3 Å². The van der Waals surface area contributed by atoms with Crippen LogP contribution in [-0.2, 0) is 6.18 Å². The van der Waals surface area contributed by atoms with Gasteiger partial charge in [0.2, 0.25) is 0 Å². The molecule has 25 heavy (non-hydrogen) atoms. The molecule has 0 fully saturated rings. The summed E-state index contributed by atoms with van der Waals surface area (Å²) < 4.78 is 50.7. The molecule has 0 aliphatic carbocycles. The maximum atomic E-state index is 12.8. The van der Waals surface area contributed by atoms with Gasteiger partial charge in [-0.3, -0.25) is 21.0 Å². The minimum Gasteiger partial charge on any atom is -0.331 e. The first kappa shape index (κ1) is 18.4. The predicted octanol–water partition coefficient (Wildman–Crippen LogP) is 4.07. The van der Waals surface area contributed by atoms with Crippen molar-refractivity contribution < 1.29 is 22.5 Å². The molecule has 3 N–H and O–H groups in total. The molecule has 2 aromatic carbocycles. The van der Waals surface area contributed by atoms with Crippen LogP contribution in [0, 0.1) is 15.9 Å². The van der Waals surface area contributed by atoms with Crippen LogP contribution in [0.3, 0.4) is 0 Å². The molecular weight excluding hydrogens is 364 g/mol. The lowest BCUT2D eigenvalue weighted by Crippen LogP contribution is -2.33. The molecule has 2 aromatic rings. The van der Waals surface area contributed by atoms with E-state index in [4.69, 9.17) is 12.2 Å². The van der Waals surface area contributed by atoms with Crippen molar-refractivity contribution in [2.45, 2.75) is 6.18 Å². The van der Waals surface area contributed by atoms with Gasteiger partial charge in [-0.15, -0.1) is 0 Å². The summed E-state index contributed by atoms with van der Waals surface area (Å²) in [5.74, 6) is -0.442. The molecule has 0 amide bonds. The highest BCUT2D eigenvalue weighted by Crippen LogP contribution is 2.34. The van der Waals surface area contributed by atoms with Gasteiger partial charge in [0.1, 0.15) is 11.5 Å². The molecule has 0 radical (unpaired) electrons. The molecule has 6 nitrogen and oxygen atoms in total. The van der Waals surface area contributed by atoms with Crippen molar-refractivity contribution in [3.63, 3.8) is 0 Å². The molecule has 0 heterocycles. The summed E-state index contributed by atoms with van der Waals surface area (Å²) >= 11 is 4.93. The van der Waals surface area contributed by atoms with E-state index in [0.717, 1.165) is 6.07 Å². The fourth-order valence-electron chi connectivity index (χ4n) is 1.78. The minimum absolute atomic E-state index is 0.0270. The van der Waals surface area contributed by atoms with Gasteiger partial charge in [-0.1, -0.05) is 0 Å². The third-order valence-corrected chi connectivity index (χ3v) is 3.14. The maximum absolute atomic E-state index is 12.8. The Kier molecular flexibility index (Phi) is 5.37. The van der Waals surface area contributed by atoms with Gasteiger partial charge < -0.3 is 5.32 Å². The number of hydrogen-bond donors (Lipinski definition) is 3. The number of alkyl halides is 3. The van der Waals surface area contributed by atoms with Crippen molar-refractivity contribution in [3.8, 4) is 0 Å². The average molecular weight is 374 g/mol. The summed E-state index contributed by atoms with van der Waals surface area (Å²) in [6.07, 6.45) is -4.70. The monoisotopic (exact) mass is 374 g/mol. The van der Waals surface area contributed by atoms with E-state index in [9.17, 15) is 27.7 Å². The second-order valence-corrected chi connectivity index (χ2v) is 5.11. The van der Waals surface area contributed by atoms with Crippen LogP contribution in [0.1, 0.15) is 5.56 Å². The van der Waals surface area contributed by atoms with E-state index in [-0.39, 0.29) is 10.8 Å². The Labute approximate surface area is 144 Å². The fraction of sp³-hybridized carbons (Fsp3) is 0.0714. The van der Waals surface area contributed by atoms with Crippen LogP contribution in [0.25, 0.3) is 0 Å². The van der Waals surface area contributed by atoms with Gasteiger partial charge >= 0.3 is 6.18 Å². The summed E-state index contributed by atoms with van der Waals surface area (Å²) in [5.41, 5.74) is 3.10. The summed E-state index contributed by atoms with van der Waals surface area (Å²) in [5, 5.41) is 13.6. The molecule has 0 unspecified atom stereocenters. The molecule has 0 saturated heterocycles. The number of nitro benzene ring substituents is 1. The van der Waals surface area contributed by atoms with Crippen molar-refractivity contribution in [3.05, 3.63) is 64.0 Å². The number of nitrogens with zero attached hydrogens (tertiary/aromatic N) is 1. The molecule has 0 atom stereocenters. The van der Waals surface area contributed by atoms with Gasteiger partial charge in [-0.05, 0) is 48.6 Å². The van der Waals surface area contributed by atoms with Crippen LogP contribution in [0.15, 0.2) is 42.5 Å². The molecule has 2 rings (SSSR count). The lowest BCUT2D eigenvalue weighted by atomic mass is 10.1. The summed E-state index contributed by atoms with van der Waals surface area (Å²) in [6, 6.07) is 7.23. The van der Waals surface area contributed by atoms with E-state index in [2.05, 4.69) is 16.2 Å². The third kappa shape index (κ3) is 5.01. The standard InChI is InChI=1S/C14H10F4N4O2S/c15-9-2-4-10(5-3-9)19-13(25)21-20-11-6-1-8(14(16,17)18)7-12(11)22(23)24/h1-7,20H,(H2,19,21,25). The zero-order chi connectivity index (χ0) is 18.6. The molecule has 0 saturated carbocycles. The maximum Gasteiger partial charge on any atom is 0.416 e. The first-order valence-electron chi connectivity index (χ1n) is 6.61. The Morgan fingerprint density at radius 3 is 2.32 bits per heavy atom. The molecular formula is C14H10F4N4O2S. The first-order valence-corrected chi connectivity index (χ1v) is 7.02. The van der Waals surface area contributed by atoms with Gasteiger partial charge in [0.05, 0.1) is 10.5 Å². The number of rotatable bonds is 4. The van der Waals surface area contributed by atoms with E-state index in [1.807, 2.05) is 0 Å². The molecule has 0 aliphatic rings. The number of anilines is 2. The summed E-state index contributed by atoms with van der Waals surface area (Å²) in [6.45, 7) is 0. The highest BCUT2D eigenvalue weighted by atomic mass is 32.1. The molecule has 132 valence electrons. The van der Waals surface area contributed by atoms with Crippen molar-refractivity contribution in [2.75, 3.05) is 10.7 Å². The number of benzene rings is 2. The van der Waals surface area contributed by atoms with Gasteiger partial charge in [0, 0.05) is 11.8 Å². The largest absolute Gasteiger partial charge is 0.416 e. The fourth-order valence-corrected chi connectivity index (χ4v) is 1.95. The Bertz CT molecular complexity index is 796. The first-order chi connectivity index (χ1) is 11.7. The van der Waals surface area contributed by atoms with Crippen LogP contribution >= 0.6 is 12.2 Å². The van der Waals surface area contributed by atoms with Crippen LogP contribution in [0.2, 0.25) is 0 Å². The smallest absolute Gasteiger partial charge is 0.331 e. The number of hydrazine groups is 1. The van der Waals surface area contributed by atoms with Gasteiger partial charge in [0.15, 0.2) is 5.11 Å². The highest BCUT2D eigenvalue weighted by molar-refractivity contribution is 7.80. The normalized spacial score (nSPS) is 10.9. The second kappa shape index (κ2) is 7.30. The van der Waals surface area contributed by atoms with E-state index in [0.29, 0.717) is 17.8 Å². The van der Waals surface area contributed by atoms with Crippen LogP contribution < -0.4 is 16.2 Å². The Morgan fingerprint density at radius 1 is 1.12 bits per heavy atom. The molecule has 0 aromatic heterocycles. The number of thiocarbonyl (C=S) groups is 1. The van der Waals surface area contributed by atoms with Gasteiger partial charge in [0.25, 0.3) is 5.69 Å². The third-order valence-electron chi connectivity index (χ3n) is 2.93. The molecule has 11 heteroatoms. The predicted molar refractivity (Wildman–Crippen MR) is 87.5 cm³/mol. The SMILES string of the molecule is O=[N+]([O-])c1cc(C(F)(F)F)ccc1NNC(=S)Nc1ccc(F)cc1. The van der Waals surface area contributed by atoms with Gasteiger partial charge in [-0.25, -0.2) is 4.39 Å². The Morgan fingerprint density at radius 2 is 1.76 bits per heavy atom. The Hall–Kier alpha value is -2.95. The minimum atomic E-state index is -4.70.